The average Bonchev–Trinajstić information content (AvgIpc) is 2.99. The Bertz CT molecular complexity index is 801. The third-order valence-corrected chi connectivity index (χ3v) is 3.05. The number of carbonyl (C=O) groups is 1. The van der Waals surface area contributed by atoms with Gasteiger partial charge in [-0.15, -0.1) is 0 Å². The second-order valence-corrected chi connectivity index (χ2v) is 4.88. The number of pyridine rings is 2. The molecule has 0 saturated heterocycles. The van der Waals surface area contributed by atoms with Gasteiger partial charge in [0, 0.05) is 24.1 Å². The van der Waals surface area contributed by atoms with E-state index < -0.39 is 0 Å². The topological polar surface area (TPSA) is 92.9 Å². The summed E-state index contributed by atoms with van der Waals surface area (Å²) in [6.07, 6.45) is 3.25. The van der Waals surface area contributed by atoms with Crippen LogP contribution in [0, 0.1) is 6.92 Å². The summed E-state index contributed by atoms with van der Waals surface area (Å²) in [4.78, 5) is 20.4. The van der Waals surface area contributed by atoms with Crippen LogP contribution in [0.3, 0.4) is 0 Å². The van der Waals surface area contributed by atoms with Gasteiger partial charge >= 0.3 is 0 Å². The number of nitrogens with zero attached hydrogens (tertiary/aromatic N) is 3. The van der Waals surface area contributed by atoms with Crippen LogP contribution in [0.1, 0.15) is 21.9 Å². The van der Waals surface area contributed by atoms with Gasteiger partial charge in [-0.3, -0.25) is 14.8 Å². The first-order chi connectivity index (χ1) is 11.2. The summed E-state index contributed by atoms with van der Waals surface area (Å²) in [5.74, 6) is 1.01. The zero-order chi connectivity index (χ0) is 16.1. The van der Waals surface area contributed by atoms with Crippen LogP contribution in [0.25, 0.3) is 0 Å². The molecule has 3 rings (SSSR count). The van der Waals surface area contributed by atoms with Gasteiger partial charge in [0.2, 0.25) is 0 Å². The molecule has 3 aromatic rings. The van der Waals surface area contributed by atoms with Crippen LogP contribution in [0.4, 0.5) is 11.5 Å². The van der Waals surface area contributed by atoms with E-state index in [1.54, 1.807) is 37.5 Å². The SMILES string of the molecule is Cc1cc(Nc2ccnc(C(=O)NCc3ccccn3)c2)no1. The Labute approximate surface area is 132 Å². The van der Waals surface area contributed by atoms with Gasteiger partial charge in [0.05, 0.1) is 12.2 Å². The molecular formula is C16H15N5O2. The van der Waals surface area contributed by atoms with Crippen molar-refractivity contribution in [3.8, 4) is 0 Å². The Morgan fingerprint density at radius 2 is 2.09 bits per heavy atom. The van der Waals surface area contributed by atoms with Crippen LogP contribution in [0.2, 0.25) is 0 Å². The lowest BCUT2D eigenvalue weighted by Crippen LogP contribution is -2.24. The molecule has 23 heavy (non-hydrogen) atoms. The molecule has 1 amide bonds. The lowest BCUT2D eigenvalue weighted by Gasteiger charge is -2.06. The van der Waals surface area contributed by atoms with Crippen molar-refractivity contribution in [1.29, 1.82) is 0 Å². The largest absolute Gasteiger partial charge is 0.360 e. The molecule has 0 aromatic carbocycles. The summed E-state index contributed by atoms with van der Waals surface area (Å²) in [5.41, 5.74) is 1.80. The molecule has 3 heterocycles. The van der Waals surface area contributed by atoms with E-state index in [9.17, 15) is 4.79 Å². The zero-order valence-corrected chi connectivity index (χ0v) is 12.5. The quantitative estimate of drug-likeness (QED) is 0.752. The average molecular weight is 309 g/mol. The van der Waals surface area contributed by atoms with Crippen LogP contribution < -0.4 is 10.6 Å². The fraction of sp³-hybridized carbons (Fsp3) is 0.125. The van der Waals surface area contributed by atoms with Crippen molar-refractivity contribution in [2.75, 3.05) is 5.32 Å². The first-order valence-electron chi connectivity index (χ1n) is 7.05. The van der Waals surface area contributed by atoms with Crippen molar-refractivity contribution in [3.63, 3.8) is 0 Å². The Hall–Kier alpha value is -3.22. The molecule has 0 bridgehead atoms. The van der Waals surface area contributed by atoms with Crippen molar-refractivity contribution in [2.24, 2.45) is 0 Å². The maximum absolute atomic E-state index is 12.2. The number of hydrogen-bond acceptors (Lipinski definition) is 6. The molecule has 0 aliphatic heterocycles. The molecule has 0 fully saturated rings. The lowest BCUT2D eigenvalue weighted by atomic mass is 10.3. The predicted molar refractivity (Wildman–Crippen MR) is 84.2 cm³/mol. The van der Waals surface area contributed by atoms with Gasteiger partial charge in [-0.1, -0.05) is 11.2 Å². The number of aryl methyl sites for hydroxylation is 1. The molecule has 0 aliphatic rings. The second kappa shape index (κ2) is 6.69. The predicted octanol–water partition coefficient (Wildman–Crippen LogP) is 2.45. The van der Waals surface area contributed by atoms with Gasteiger partial charge in [0.15, 0.2) is 5.82 Å². The van der Waals surface area contributed by atoms with Crippen LogP contribution in [-0.4, -0.2) is 21.0 Å². The highest BCUT2D eigenvalue weighted by Gasteiger charge is 2.09. The molecule has 3 aromatic heterocycles. The molecular weight excluding hydrogens is 294 g/mol. The molecule has 116 valence electrons. The highest BCUT2D eigenvalue weighted by Crippen LogP contribution is 2.16. The molecule has 0 atom stereocenters. The van der Waals surface area contributed by atoms with E-state index in [0.717, 1.165) is 5.69 Å². The second-order valence-electron chi connectivity index (χ2n) is 4.88. The molecule has 2 N–H and O–H groups in total. The molecule has 0 spiro atoms. The maximum Gasteiger partial charge on any atom is 0.270 e. The minimum absolute atomic E-state index is 0.268. The number of nitrogens with one attached hydrogen (secondary N) is 2. The van der Waals surface area contributed by atoms with Gasteiger partial charge < -0.3 is 15.2 Å². The number of carbonyl (C=O) groups excluding carboxylic acids is 1. The molecule has 7 heteroatoms. The van der Waals surface area contributed by atoms with Crippen molar-refractivity contribution in [2.45, 2.75) is 13.5 Å². The first-order valence-corrected chi connectivity index (χ1v) is 7.05. The van der Waals surface area contributed by atoms with E-state index in [-0.39, 0.29) is 5.91 Å². The van der Waals surface area contributed by atoms with E-state index in [4.69, 9.17) is 4.52 Å². The normalized spacial score (nSPS) is 10.3. The molecule has 0 radical (unpaired) electrons. The van der Waals surface area contributed by atoms with E-state index in [2.05, 4.69) is 25.8 Å². The van der Waals surface area contributed by atoms with Gasteiger partial charge in [-0.25, -0.2) is 0 Å². The van der Waals surface area contributed by atoms with Crippen LogP contribution >= 0.6 is 0 Å². The summed E-state index contributed by atoms with van der Waals surface area (Å²) >= 11 is 0. The highest BCUT2D eigenvalue weighted by atomic mass is 16.5. The smallest absolute Gasteiger partial charge is 0.270 e. The van der Waals surface area contributed by atoms with Gasteiger partial charge in [-0.05, 0) is 31.2 Å². The lowest BCUT2D eigenvalue weighted by molar-refractivity contribution is 0.0945. The fourth-order valence-electron chi connectivity index (χ4n) is 1.97. The van der Waals surface area contributed by atoms with Crippen molar-refractivity contribution in [3.05, 3.63) is 65.9 Å². The monoisotopic (exact) mass is 309 g/mol. The van der Waals surface area contributed by atoms with Crippen LogP contribution in [0.15, 0.2) is 53.3 Å². The Kier molecular flexibility index (Phi) is 4.28. The van der Waals surface area contributed by atoms with Gasteiger partial charge in [-0.2, -0.15) is 0 Å². The van der Waals surface area contributed by atoms with Crippen LogP contribution in [-0.2, 0) is 6.54 Å². The number of amides is 1. The number of hydrogen-bond donors (Lipinski definition) is 2. The molecule has 0 unspecified atom stereocenters. The summed E-state index contributed by atoms with van der Waals surface area (Å²) in [5, 5.41) is 9.69. The van der Waals surface area contributed by atoms with E-state index in [1.807, 2.05) is 18.2 Å². The number of aromatic nitrogens is 3. The maximum atomic E-state index is 12.2. The van der Waals surface area contributed by atoms with E-state index >= 15 is 0 Å². The summed E-state index contributed by atoms with van der Waals surface area (Å²) in [6, 6.07) is 10.7. The number of rotatable bonds is 5. The fourth-order valence-corrected chi connectivity index (χ4v) is 1.97. The highest BCUT2D eigenvalue weighted by molar-refractivity contribution is 5.93. The minimum atomic E-state index is -0.268. The summed E-state index contributed by atoms with van der Waals surface area (Å²) in [6.45, 7) is 2.16. The minimum Gasteiger partial charge on any atom is -0.360 e. The van der Waals surface area contributed by atoms with E-state index in [0.29, 0.717) is 29.5 Å². The first kappa shape index (κ1) is 14.7. The van der Waals surface area contributed by atoms with Crippen molar-refractivity contribution < 1.29 is 9.32 Å². The van der Waals surface area contributed by atoms with Crippen LogP contribution in [0.5, 0.6) is 0 Å². The third kappa shape index (κ3) is 3.91. The molecule has 0 saturated carbocycles. The summed E-state index contributed by atoms with van der Waals surface area (Å²) in [7, 11) is 0. The zero-order valence-electron chi connectivity index (χ0n) is 12.5. The summed E-state index contributed by atoms with van der Waals surface area (Å²) < 4.78 is 4.99. The van der Waals surface area contributed by atoms with Gasteiger partial charge in [0.25, 0.3) is 5.91 Å². The Balaban J connectivity index is 1.65. The molecule has 0 aliphatic carbocycles. The third-order valence-electron chi connectivity index (χ3n) is 3.05. The Morgan fingerprint density at radius 3 is 2.83 bits per heavy atom. The van der Waals surface area contributed by atoms with E-state index in [1.165, 1.54) is 0 Å². The number of anilines is 2. The standard InChI is InChI=1S/C16H15N5O2/c1-11-8-15(21-23-11)20-12-5-7-18-14(9-12)16(22)19-10-13-4-2-3-6-17-13/h2-9H,10H2,1H3,(H,19,22)(H,18,20,21). The van der Waals surface area contributed by atoms with Gasteiger partial charge in [0.1, 0.15) is 11.5 Å². The molecule has 7 nitrogen and oxygen atoms in total. The van der Waals surface area contributed by atoms with Crippen molar-refractivity contribution in [1.82, 2.24) is 20.4 Å². The Morgan fingerprint density at radius 1 is 1.17 bits per heavy atom. The van der Waals surface area contributed by atoms with Crippen molar-refractivity contribution >= 4 is 17.4 Å².